The Bertz CT molecular complexity index is 750. The molecule has 0 aliphatic rings. The molecule has 0 fully saturated rings. The third kappa shape index (κ3) is 6.53. The summed E-state index contributed by atoms with van der Waals surface area (Å²) >= 11 is 0. The van der Waals surface area contributed by atoms with Gasteiger partial charge in [0.05, 0.1) is 12.4 Å². The van der Waals surface area contributed by atoms with E-state index < -0.39 is 18.2 Å². The van der Waals surface area contributed by atoms with Crippen LogP contribution in [0.4, 0.5) is 0 Å². The lowest BCUT2D eigenvalue weighted by atomic mass is 10.2. The van der Waals surface area contributed by atoms with E-state index in [1.54, 1.807) is 24.3 Å². The first-order valence-corrected chi connectivity index (χ1v) is 7.25. The molecule has 8 nitrogen and oxygen atoms in total. The van der Waals surface area contributed by atoms with Crippen LogP contribution in [-0.4, -0.2) is 34.5 Å². The van der Waals surface area contributed by atoms with Crippen LogP contribution >= 0.6 is 0 Å². The van der Waals surface area contributed by atoms with Gasteiger partial charge in [0.15, 0.2) is 0 Å². The Labute approximate surface area is 143 Å². The number of hydrogen-bond acceptors (Lipinski definition) is 6. The lowest BCUT2D eigenvalue weighted by Gasteiger charge is -2.00. The highest BCUT2D eigenvalue weighted by molar-refractivity contribution is 5.97. The Morgan fingerprint density at radius 2 is 1.28 bits per heavy atom. The molecule has 0 saturated carbocycles. The van der Waals surface area contributed by atoms with Crippen molar-refractivity contribution >= 4 is 24.2 Å². The molecular weight excluding hydrogens is 324 g/mol. The molecule has 25 heavy (non-hydrogen) atoms. The minimum Gasteiger partial charge on any atom is -0.508 e. The van der Waals surface area contributed by atoms with Gasteiger partial charge >= 0.3 is 0 Å². The Hall–Kier alpha value is -3.68. The topological polar surface area (TPSA) is 123 Å². The average molecular weight is 340 g/mol. The molecule has 0 radical (unpaired) electrons. The summed E-state index contributed by atoms with van der Waals surface area (Å²) in [7, 11) is 0. The zero-order chi connectivity index (χ0) is 18.1. The molecule has 128 valence electrons. The summed E-state index contributed by atoms with van der Waals surface area (Å²) in [4.78, 5) is 23.1. The van der Waals surface area contributed by atoms with E-state index in [-0.39, 0.29) is 11.5 Å². The molecule has 0 aromatic heterocycles. The molecule has 4 N–H and O–H groups in total. The van der Waals surface area contributed by atoms with E-state index in [9.17, 15) is 19.8 Å². The van der Waals surface area contributed by atoms with Gasteiger partial charge in [-0.25, -0.2) is 10.9 Å². The largest absolute Gasteiger partial charge is 0.508 e. The van der Waals surface area contributed by atoms with Crippen molar-refractivity contribution in [1.82, 2.24) is 10.9 Å². The van der Waals surface area contributed by atoms with Crippen molar-refractivity contribution in [3.05, 3.63) is 59.7 Å². The fourth-order valence-corrected chi connectivity index (χ4v) is 1.79. The molecular formula is C17H16N4O4. The van der Waals surface area contributed by atoms with Gasteiger partial charge in [0.25, 0.3) is 0 Å². The second-order valence-corrected chi connectivity index (χ2v) is 4.95. The van der Waals surface area contributed by atoms with Crippen LogP contribution in [-0.2, 0) is 9.59 Å². The van der Waals surface area contributed by atoms with Crippen molar-refractivity contribution in [1.29, 1.82) is 0 Å². The molecule has 2 aromatic rings. The molecule has 0 unspecified atom stereocenters. The van der Waals surface area contributed by atoms with Gasteiger partial charge in [-0.05, 0) is 35.4 Å². The molecule has 0 spiro atoms. The van der Waals surface area contributed by atoms with Crippen LogP contribution in [0.25, 0.3) is 0 Å². The van der Waals surface area contributed by atoms with Gasteiger partial charge in [-0.2, -0.15) is 10.2 Å². The molecule has 2 rings (SSSR count). The number of carbonyl (C=O) groups is 2. The van der Waals surface area contributed by atoms with E-state index in [0.717, 1.165) is 0 Å². The molecule has 2 amide bonds. The zero-order valence-corrected chi connectivity index (χ0v) is 13.1. The van der Waals surface area contributed by atoms with Gasteiger partial charge in [-0.15, -0.1) is 0 Å². The van der Waals surface area contributed by atoms with Gasteiger partial charge in [0.1, 0.15) is 17.9 Å². The van der Waals surface area contributed by atoms with Crippen LogP contribution in [0.3, 0.4) is 0 Å². The maximum atomic E-state index is 11.6. The summed E-state index contributed by atoms with van der Waals surface area (Å²) in [5.74, 6) is -1.05. The van der Waals surface area contributed by atoms with E-state index in [2.05, 4.69) is 21.1 Å². The first-order chi connectivity index (χ1) is 12.0. The van der Waals surface area contributed by atoms with E-state index in [4.69, 9.17) is 0 Å². The van der Waals surface area contributed by atoms with Crippen molar-refractivity contribution in [2.45, 2.75) is 6.42 Å². The van der Waals surface area contributed by atoms with Gasteiger partial charge in [-0.3, -0.25) is 9.59 Å². The first-order valence-electron chi connectivity index (χ1n) is 7.25. The van der Waals surface area contributed by atoms with Crippen molar-refractivity contribution in [3.63, 3.8) is 0 Å². The Morgan fingerprint density at radius 1 is 0.840 bits per heavy atom. The third-order valence-electron chi connectivity index (χ3n) is 2.87. The predicted octanol–water partition coefficient (Wildman–Crippen LogP) is 1.09. The van der Waals surface area contributed by atoms with E-state index in [1.807, 2.05) is 0 Å². The number of hydrazone groups is 2. The minimum absolute atomic E-state index is 0.0826. The molecule has 0 aliphatic carbocycles. The number of carbonyl (C=O) groups excluding carboxylic acids is 2. The average Bonchev–Trinajstić information content (AvgIpc) is 2.55. The van der Waals surface area contributed by atoms with Crippen LogP contribution < -0.4 is 10.9 Å². The minimum atomic E-state index is -0.610. The number of rotatable bonds is 6. The van der Waals surface area contributed by atoms with E-state index >= 15 is 0 Å². The van der Waals surface area contributed by atoms with Crippen LogP contribution in [0.5, 0.6) is 11.5 Å². The number of aromatic hydroxyl groups is 2. The van der Waals surface area contributed by atoms with Gasteiger partial charge in [0, 0.05) is 0 Å². The summed E-state index contributed by atoms with van der Waals surface area (Å²) in [6, 6.07) is 12.6. The first kappa shape index (κ1) is 17.7. The van der Waals surface area contributed by atoms with Crippen LogP contribution in [0.1, 0.15) is 17.5 Å². The summed E-state index contributed by atoms with van der Waals surface area (Å²) in [6.45, 7) is 0. The molecule has 0 heterocycles. The van der Waals surface area contributed by atoms with Crippen molar-refractivity contribution in [3.8, 4) is 11.5 Å². The predicted molar refractivity (Wildman–Crippen MR) is 92.3 cm³/mol. The molecule has 0 aliphatic heterocycles. The monoisotopic (exact) mass is 340 g/mol. The smallest absolute Gasteiger partial charge is 0.249 e. The summed E-state index contributed by atoms with van der Waals surface area (Å²) in [5.41, 5.74) is 5.60. The number of benzene rings is 2. The molecule has 8 heteroatoms. The SMILES string of the molecule is O=C(CC(=O)NN=Cc1cccc(O)c1)NN=Cc1cccc(O)c1. The quantitative estimate of drug-likeness (QED) is 0.357. The van der Waals surface area contributed by atoms with E-state index in [0.29, 0.717) is 11.1 Å². The summed E-state index contributed by atoms with van der Waals surface area (Å²) in [6.07, 6.45) is 2.24. The molecule has 0 bridgehead atoms. The lowest BCUT2D eigenvalue weighted by molar-refractivity contribution is -0.129. The second-order valence-electron chi connectivity index (χ2n) is 4.95. The Morgan fingerprint density at radius 3 is 1.68 bits per heavy atom. The van der Waals surface area contributed by atoms with Gasteiger partial charge in [-0.1, -0.05) is 24.3 Å². The van der Waals surface area contributed by atoms with Crippen molar-refractivity contribution in [2.24, 2.45) is 10.2 Å². The van der Waals surface area contributed by atoms with Crippen molar-refractivity contribution < 1.29 is 19.8 Å². The fraction of sp³-hybridized carbons (Fsp3) is 0.0588. The normalized spacial score (nSPS) is 10.9. The highest BCUT2D eigenvalue weighted by Gasteiger charge is 2.07. The number of phenolic OH excluding ortho intramolecular Hbond substituents is 2. The van der Waals surface area contributed by atoms with Crippen LogP contribution in [0, 0.1) is 0 Å². The maximum Gasteiger partial charge on any atom is 0.249 e. The van der Waals surface area contributed by atoms with Crippen LogP contribution in [0.2, 0.25) is 0 Å². The Balaban J connectivity index is 1.75. The summed E-state index contributed by atoms with van der Waals surface area (Å²) in [5, 5.41) is 26.0. The zero-order valence-electron chi connectivity index (χ0n) is 13.1. The molecule has 2 aromatic carbocycles. The number of nitrogens with one attached hydrogen (secondary N) is 2. The fourth-order valence-electron chi connectivity index (χ4n) is 1.79. The standard InChI is InChI=1S/C17H16N4O4/c22-14-5-1-3-12(7-14)10-18-20-16(24)9-17(25)21-19-11-13-4-2-6-15(23)8-13/h1-8,10-11,22-23H,9H2,(H,20,24)(H,21,25). The second kappa shape index (κ2) is 8.82. The van der Waals surface area contributed by atoms with Crippen molar-refractivity contribution in [2.75, 3.05) is 0 Å². The number of hydrogen-bond donors (Lipinski definition) is 4. The van der Waals surface area contributed by atoms with Crippen LogP contribution in [0.15, 0.2) is 58.7 Å². The van der Waals surface area contributed by atoms with Gasteiger partial charge < -0.3 is 10.2 Å². The number of nitrogens with zero attached hydrogens (tertiary/aromatic N) is 2. The third-order valence-corrected chi connectivity index (χ3v) is 2.87. The maximum absolute atomic E-state index is 11.6. The highest BCUT2D eigenvalue weighted by Crippen LogP contribution is 2.09. The molecule has 0 atom stereocenters. The highest BCUT2D eigenvalue weighted by atomic mass is 16.3. The number of phenols is 2. The van der Waals surface area contributed by atoms with E-state index in [1.165, 1.54) is 36.7 Å². The number of amides is 2. The molecule has 0 saturated heterocycles. The summed E-state index contributed by atoms with van der Waals surface area (Å²) < 4.78 is 0. The van der Waals surface area contributed by atoms with Gasteiger partial charge in [0.2, 0.25) is 11.8 Å². The Kier molecular flexibility index (Phi) is 6.24. The lowest BCUT2D eigenvalue weighted by Crippen LogP contribution is -2.27.